The molecule has 0 amide bonds. The molecule has 2 nitrogen and oxygen atoms in total. The van der Waals surface area contributed by atoms with Crippen molar-refractivity contribution in [2.24, 2.45) is 5.73 Å². The van der Waals surface area contributed by atoms with Crippen LogP contribution in [0.25, 0.3) is 0 Å². The summed E-state index contributed by atoms with van der Waals surface area (Å²) in [5, 5.41) is 1.40. The molecule has 0 radical (unpaired) electrons. The number of benzene rings is 1. The highest BCUT2D eigenvalue weighted by Gasteiger charge is 2.27. The molecule has 0 aromatic heterocycles. The Hall–Kier alpha value is -0.350. The molecule has 1 saturated heterocycles. The topological polar surface area (TPSA) is 29.3 Å². The fourth-order valence-corrected chi connectivity index (χ4v) is 3.01. The summed E-state index contributed by atoms with van der Waals surface area (Å²) in [5.41, 5.74) is 6.70. The molecule has 0 spiro atoms. The Balaban J connectivity index is 2.18. The van der Waals surface area contributed by atoms with Crippen LogP contribution in [0.4, 0.5) is 0 Å². The quantitative estimate of drug-likeness (QED) is 0.866. The molecule has 2 N–H and O–H groups in total. The van der Waals surface area contributed by atoms with E-state index in [0.29, 0.717) is 21.6 Å². The fraction of sp³-hybridized carbons (Fsp3) is 0.417. The first kappa shape index (κ1) is 13.1. The lowest BCUT2D eigenvalue weighted by molar-refractivity contribution is 0.295. The Labute approximate surface area is 117 Å². The van der Waals surface area contributed by atoms with Crippen LogP contribution in [0, 0.1) is 0 Å². The molecule has 0 bridgehead atoms. The van der Waals surface area contributed by atoms with E-state index >= 15 is 0 Å². The largest absolute Gasteiger partial charge is 0.392 e. The molecule has 0 aliphatic carbocycles. The molecule has 1 fully saturated rings. The first-order valence-electron chi connectivity index (χ1n) is 5.56. The lowest BCUT2D eigenvalue weighted by atomic mass is 10.2. The normalized spacial score (nSPS) is 20.7. The summed E-state index contributed by atoms with van der Waals surface area (Å²) < 4.78 is 0. The van der Waals surface area contributed by atoms with Crippen LogP contribution < -0.4 is 5.73 Å². The fourth-order valence-electron chi connectivity index (χ4n) is 2.22. The minimum Gasteiger partial charge on any atom is -0.392 e. The van der Waals surface area contributed by atoms with Gasteiger partial charge in [0.25, 0.3) is 0 Å². The van der Waals surface area contributed by atoms with E-state index in [-0.39, 0.29) is 6.04 Å². The van der Waals surface area contributed by atoms with Crippen LogP contribution in [0.2, 0.25) is 10.0 Å². The highest BCUT2D eigenvalue weighted by Crippen LogP contribution is 2.28. The maximum absolute atomic E-state index is 6.16. The molecule has 0 saturated carbocycles. The maximum Gasteiger partial charge on any atom is 0.0902 e. The standard InChI is InChI=1S/C12H14Cl2N2S/c13-9-3-1-4-10(14)8(9)7-16-6-2-5-11(16)12(15)17/h1,3-4,11H,2,5-7H2,(H2,15,17). The molecule has 5 heteroatoms. The Morgan fingerprint density at radius 2 is 2.06 bits per heavy atom. The number of hydrogen-bond acceptors (Lipinski definition) is 2. The third-order valence-corrected chi connectivity index (χ3v) is 4.10. The first-order valence-corrected chi connectivity index (χ1v) is 6.72. The van der Waals surface area contributed by atoms with Gasteiger partial charge in [0.1, 0.15) is 0 Å². The third kappa shape index (κ3) is 2.91. The second-order valence-electron chi connectivity index (χ2n) is 4.23. The van der Waals surface area contributed by atoms with E-state index in [1.807, 2.05) is 18.2 Å². The molecule has 1 aromatic rings. The SMILES string of the molecule is NC(=S)C1CCCN1Cc1c(Cl)cccc1Cl. The summed E-state index contributed by atoms with van der Waals surface area (Å²) in [6.45, 7) is 1.70. The smallest absolute Gasteiger partial charge is 0.0902 e. The van der Waals surface area contributed by atoms with Gasteiger partial charge in [-0.3, -0.25) is 4.90 Å². The molecule has 1 atom stereocenters. The van der Waals surface area contributed by atoms with Crippen molar-refractivity contribution in [3.63, 3.8) is 0 Å². The molecule has 1 heterocycles. The number of hydrogen-bond donors (Lipinski definition) is 1. The Kier molecular flexibility index (Phi) is 4.26. The van der Waals surface area contributed by atoms with Gasteiger partial charge in [0.15, 0.2) is 0 Å². The van der Waals surface area contributed by atoms with Crippen LogP contribution in [0.5, 0.6) is 0 Å². The molecular weight excluding hydrogens is 275 g/mol. The van der Waals surface area contributed by atoms with E-state index in [9.17, 15) is 0 Å². The second kappa shape index (κ2) is 5.53. The van der Waals surface area contributed by atoms with E-state index in [0.717, 1.165) is 24.9 Å². The van der Waals surface area contributed by atoms with Crippen molar-refractivity contribution in [3.05, 3.63) is 33.8 Å². The first-order chi connectivity index (χ1) is 8.09. The van der Waals surface area contributed by atoms with Gasteiger partial charge in [-0.05, 0) is 31.5 Å². The van der Waals surface area contributed by atoms with E-state index in [1.54, 1.807) is 0 Å². The Morgan fingerprint density at radius 1 is 1.41 bits per heavy atom. The van der Waals surface area contributed by atoms with Crippen molar-refractivity contribution in [1.82, 2.24) is 4.90 Å². The summed E-state index contributed by atoms with van der Waals surface area (Å²) in [4.78, 5) is 2.81. The van der Waals surface area contributed by atoms with Gasteiger partial charge < -0.3 is 5.73 Å². The van der Waals surface area contributed by atoms with Crippen molar-refractivity contribution >= 4 is 40.4 Å². The number of halogens is 2. The summed E-state index contributed by atoms with van der Waals surface area (Å²) in [5.74, 6) is 0. The average molecular weight is 289 g/mol. The van der Waals surface area contributed by atoms with Gasteiger partial charge in [-0.1, -0.05) is 41.5 Å². The third-order valence-electron chi connectivity index (χ3n) is 3.11. The van der Waals surface area contributed by atoms with Gasteiger partial charge in [-0.15, -0.1) is 0 Å². The molecule has 1 aliphatic rings. The molecule has 2 rings (SSSR count). The highest BCUT2D eigenvalue weighted by atomic mass is 35.5. The van der Waals surface area contributed by atoms with E-state index in [4.69, 9.17) is 41.2 Å². The number of likely N-dealkylation sites (tertiary alicyclic amines) is 1. The molecular formula is C12H14Cl2N2S. The average Bonchev–Trinajstić information content (AvgIpc) is 2.72. The summed E-state index contributed by atoms with van der Waals surface area (Å²) in [6.07, 6.45) is 2.14. The zero-order valence-corrected chi connectivity index (χ0v) is 11.7. The Bertz CT molecular complexity index is 416. The predicted molar refractivity (Wildman–Crippen MR) is 76.7 cm³/mol. The number of nitrogens with two attached hydrogens (primary N) is 1. The van der Waals surface area contributed by atoms with Crippen LogP contribution in [-0.2, 0) is 6.54 Å². The zero-order chi connectivity index (χ0) is 12.4. The summed E-state index contributed by atoms with van der Waals surface area (Å²) in [6, 6.07) is 5.74. The van der Waals surface area contributed by atoms with Crippen LogP contribution in [0.1, 0.15) is 18.4 Å². The number of rotatable bonds is 3. The van der Waals surface area contributed by atoms with Gasteiger partial charge in [0.05, 0.1) is 11.0 Å². The van der Waals surface area contributed by atoms with Gasteiger partial charge in [0, 0.05) is 22.2 Å². The van der Waals surface area contributed by atoms with Crippen molar-refractivity contribution in [2.75, 3.05) is 6.54 Å². The Morgan fingerprint density at radius 3 is 2.65 bits per heavy atom. The zero-order valence-electron chi connectivity index (χ0n) is 9.33. The van der Waals surface area contributed by atoms with Crippen LogP contribution >= 0.6 is 35.4 Å². The number of thiocarbonyl (C=S) groups is 1. The maximum atomic E-state index is 6.16. The van der Waals surface area contributed by atoms with Crippen LogP contribution in [-0.4, -0.2) is 22.5 Å². The molecule has 1 unspecified atom stereocenters. The van der Waals surface area contributed by atoms with E-state index < -0.39 is 0 Å². The molecule has 92 valence electrons. The summed E-state index contributed by atoms with van der Waals surface area (Å²) >= 11 is 17.4. The van der Waals surface area contributed by atoms with Crippen LogP contribution in [0.15, 0.2) is 18.2 Å². The predicted octanol–water partition coefficient (Wildman–Crippen LogP) is 3.24. The number of nitrogens with zero attached hydrogens (tertiary/aromatic N) is 1. The van der Waals surface area contributed by atoms with Gasteiger partial charge in [-0.2, -0.15) is 0 Å². The van der Waals surface area contributed by atoms with Crippen LogP contribution in [0.3, 0.4) is 0 Å². The minimum atomic E-state index is 0.178. The van der Waals surface area contributed by atoms with Crippen molar-refractivity contribution in [1.29, 1.82) is 0 Å². The molecule has 1 aromatic carbocycles. The minimum absolute atomic E-state index is 0.178. The van der Waals surface area contributed by atoms with Gasteiger partial charge in [-0.25, -0.2) is 0 Å². The van der Waals surface area contributed by atoms with Gasteiger partial charge in [0.2, 0.25) is 0 Å². The van der Waals surface area contributed by atoms with Gasteiger partial charge >= 0.3 is 0 Å². The highest BCUT2D eigenvalue weighted by molar-refractivity contribution is 7.80. The van der Waals surface area contributed by atoms with Crippen molar-refractivity contribution < 1.29 is 0 Å². The van der Waals surface area contributed by atoms with Crippen molar-refractivity contribution in [2.45, 2.75) is 25.4 Å². The molecule has 1 aliphatic heterocycles. The van der Waals surface area contributed by atoms with Crippen molar-refractivity contribution in [3.8, 4) is 0 Å². The lowest BCUT2D eigenvalue weighted by Crippen LogP contribution is -2.38. The monoisotopic (exact) mass is 288 g/mol. The second-order valence-corrected chi connectivity index (χ2v) is 5.52. The lowest BCUT2D eigenvalue weighted by Gasteiger charge is -2.24. The molecule has 17 heavy (non-hydrogen) atoms. The van der Waals surface area contributed by atoms with E-state index in [1.165, 1.54) is 0 Å². The summed E-state index contributed by atoms with van der Waals surface area (Å²) in [7, 11) is 0. The van der Waals surface area contributed by atoms with E-state index in [2.05, 4.69) is 4.90 Å².